The van der Waals surface area contributed by atoms with Crippen LogP contribution in [0.4, 0.5) is 0 Å². The van der Waals surface area contributed by atoms with Crippen LogP contribution in [0.3, 0.4) is 0 Å². The van der Waals surface area contributed by atoms with Crippen LogP contribution >= 0.6 is 0 Å². The molecule has 0 aliphatic carbocycles. The van der Waals surface area contributed by atoms with Crippen LogP contribution in [-0.4, -0.2) is 10.7 Å². The number of hydrogen-bond donors (Lipinski definition) is 0. The molecule has 2 rings (SSSR count). The number of unbranched alkanes of at least 4 members (excludes halogenated alkanes) is 14. The first-order chi connectivity index (χ1) is 23.6. The zero-order valence-electron chi connectivity index (χ0n) is 31.9. The standard InChI is InChI=1S/C31H42N2.2C7H15.Ni/c1-4-7-10-12-17-28(23-24-33-32)31(30-18-13-16-27(25-30)14-9-6-3)29-21-19-26(20-22-29)15-11-8-5-2;2*1-3-5-7-6-4-2;/h13,16,18-23,25H,4-12,14-15,17H2,1-3H3;2*1,3-7H2,2H3;. The monoisotopic (exact) mass is 699 g/mol. The summed E-state index contributed by atoms with van der Waals surface area (Å²) in [5.74, 6) is 2.70. The summed E-state index contributed by atoms with van der Waals surface area (Å²) in [7, 11) is 0. The molecule has 0 heterocycles. The van der Waals surface area contributed by atoms with Gasteiger partial charge in [-0.25, -0.2) is 0 Å². The van der Waals surface area contributed by atoms with Crippen molar-refractivity contribution >= 4 is 11.4 Å². The fourth-order valence-electron chi connectivity index (χ4n) is 5.94. The van der Waals surface area contributed by atoms with Gasteiger partial charge in [-0.15, -0.1) is 4.79 Å². The molecular weight excluding hydrogens is 627 g/mol. The second kappa shape index (κ2) is 32.1. The Kier molecular flexibility index (Phi) is 29.3. The van der Waals surface area contributed by atoms with E-state index in [0.717, 1.165) is 25.7 Å². The topological polar surface area (TPSA) is 36.4 Å². The van der Waals surface area contributed by atoms with E-state index in [2.05, 4.69) is 93.8 Å². The van der Waals surface area contributed by atoms with Crippen molar-refractivity contribution in [1.29, 1.82) is 0 Å². The van der Waals surface area contributed by atoms with Crippen molar-refractivity contribution < 1.29 is 19.2 Å². The SMILES string of the molecule is CCCCCCC(C=C=[N+]=[N-])=C(c1ccc(CCCCC)cc1)c1cccc(CCCC)c1.CCCCCC[CH2][Ni][CH2]CCCCCC. The number of benzene rings is 2. The second-order valence-corrected chi connectivity index (χ2v) is 14.8. The summed E-state index contributed by atoms with van der Waals surface area (Å²) in [4.78, 5) is 3.16. The summed E-state index contributed by atoms with van der Waals surface area (Å²) in [5, 5.41) is 2.84. The Morgan fingerprint density at radius 3 is 1.71 bits per heavy atom. The third kappa shape index (κ3) is 21.7. The Bertz CT molecular complexity index is 1140. The van der Waals surface area contributed by atoms with Crippen molar-refractivity contribution in [3.8, 4) is 0 Å². The van der Waals surface area contributed by atoms with E-state index in [9.17, 15) is 0 Å². The molecule has 2 nitrogen and oxygen atoms in total. The molecule has 0 spiro atoms. The van der Waals surface area contributed by atoms with Crippen LogP contribution in [0.1, 0.15) is 185 Å². The summed E-state index contributed by atoms with van der Waals surface area (Å²) in [5.41, 5.74) is 16.8. The van der Waals surface area contributed by atoms with Crippen LogP contribution < -0.4 is 0 Å². The first kappa shape index (κ1) is 43.9. The molecule has 0 fully saturated rings. The van der Waals surface area contributed by atoms with E-state index >= 15 is 0 Å². The molecule has 0 aliphatic rings. The number of hydrogen-bond acceptors (Lipinski definition) is 0. The number of rotatable bonds is 27. The summed E-state index contributed by atoms with van der Waals surface area (Å²) in [6.07, 6.45) is 30.4. The Balaban J connectivity index is 0.000000646. The molecule has 2 aromatic rings. The van der Waals surface area contributed by atoms with Crippen LogP contribution in [0.2, 0.25) is 10.8 Å². The first-order valence-corrected chi connectivity index (χ1v) is 21.3. The van der Waals surface area contributed by atoms with Gasteiger partial charge in [-0.05, 0) is 71.9 Å². The molecule has 0 radical (unpaired) electrons. The molecule has 272 valence electrons. The number of aryl methyl sites for hydroxylation is 2. The maximum atomic E-state index is 9.09. The van der Waals surface area contributed by atoms with E-state index in [0.29, 0.717) is 0 Å². The van der Waals surface area contributed by atoms with Gasteiger partial charge in [0.25, 0.3) is 5.87 Å². The normalized spacial score (nSPS) is 11.4. The molecule has 2 aromatic carbocycles. The van der Waals surface area contributed by atoms with E-state index in [1.807, 2.05) is 20.5 Å². The van der Waals surface area contributed by atoms with Crippen molar-refractivity contribution in [2.24, 2.45) is 0 Å². The van der Waals surface area contributed by atoms with Crippen LogP contribution in [0.15, 0.2) is 60.2 Å². The average molecular weight is 700 g/mol. The van der Waals surface area contributed by atoms with Crippen LogP contribution in [0, 0.1) is 0 Å². The Morgan fingerprint density at radius 1 is 0.583 bits per heavy atom. The fourth-order valence-corrected chi connectivity index (χ4v) is 7.17. The van der Waals surface area contributed by atoms with Crippen LogP contribution in [0.25, 0.3) is 11.1 Å². The zero-order chi connectivity index (χ0) is 34.9. The molecule has 0 aromatic heterocycles. The van der Waals surface area contributed by atoms with Gasteiger partial charge in [0, 0.05) is 0 Å². The molecule has 3 heteroatoms. The predicted octanol–water partition coefficient (Wildman–Crippen LogP) is 14.8. The van der Waals surface area contributed by atoms with Gasteiger partial charge in [-0.3, -0.25) is 0 Å². The molecule has 0 aliphatic heterocycles. The minimum atomic E-state index is 0.954. The van der Waals surface area contributed by atoms with Gasteiger partial charge in [0.1, 0.15) is 0 Å². The van der Waals surface area contributed by atoms with Gasteiger partial charge in [0.2, 0.25) is 0 Å². The van der Waals surface area contributed by atoms with Crippen molar-refractivity contribution in [3.05, 3.63) is 88.0 Å². The molecule has 0 atom stereocenters. The number of allylic oxidation sites excluding steroid dienone is 2. The number of nitrogens with zero attached hydrogens (tertiary/aromatic N) is 2. The quantitative estimate of drug-likeness (QED) is 0.0222. The van der Waals surface area contributed by atoms with Gasteiger partial charge in [-0.1, -0.05) is 108 Å². The van der Waals surface area contributed by atoms with E-state index in [4.69, 9.17) is 5.53 Å². The molecule has 0 unspecified atom stereocenters. The molecule has 0 saturated heterocycles. The molecule has 0 amide bonds. The van der Waals surface area contributed by atoms with Gasteiger partial charge in [0.05, 0.1) is 6.08 Å². The van der Waals surface area contributed by atoms with E-state index in [1.54, 1.807) is 0 Å². The van der Waals surface area contributed by atoms with Crippen molar-refractivity contribution in [2.45, 2.75) is 187 Å². The maximum absolute atomic E-state index is 9.09. The van der Waals surface area contributed by atoms with Crippen LogP contribution in [0.5, 0.6) is 0 Å². The second-order valence-electron chi connectivity index (χ2n) is 13.3. The molecule has 0 bridgehead atoms. The van der Waals surface area contributed by atoms with E-state index in [-0.39, 0.29) is 0 Å². The van der Waals surface area contributed by atoms with Crippen molar-refractivity contribution in [3.63, 3.8) is 0 Å². The molecule has 48 heavy (non-hydrogen) atoms. The fraction of sp³-hybridized carbons (Fsp3) is 0.644. The zero-order valence-corrected chi connectivity index (χ0v) is 32.9. The van der Waals surface area contributed by atoms with E-state index < -0.39 is 0 Å². The summed E-state index contributed by atoms with van der Waals surface area (Å²) >= 11 is 2.00. The van der Waals surface area contributed by atoms with Gasteiger partial charge in [0.15, 0.2) is 0 Å². The molecule has 0 N–H and O–H groups in total. The summed E-state index contributed by atoms with van der Waals surface area (Å²) in [6, 6.07) is 18.1. The van der Waals surface area contributed by atoms with Crippen LogP contribution in [-0.2, 0) is 27.3 Å². The van der Waals surface area contributed by atoms with Gasteiger partial charge < -0.3 is 5.53 Å². The van der Waals surface area contributed by atoms with Crippen molar-refractivity contribution in [1.82, 2.24) is 0 Å². The Hall–Kier alpha value is -2.17. The Labute approximate surface area is 304 Å². The third-order valence-corrected chi connectivity index (χ3v) is 10.3. The predicted molar refractivity (Wildman–Crippen MR) is 210 cm³/mol. The minimum absolute atomic E-state index is 0.954. The van der Waals surface area contributed by atoms with Gasteiger partial charge in [-0.2, -0.15) is 0 Å². The average Bonchev–Trinajstić information content (AvgIpc) is 3.11. The first-order valence-electron chi connectivity index (χ1n) is 19.9. The Morgan fingerprint density at radius 2 is 1.12 bits per heavy atom. The van der Waals surface area contributed by atoms with Gasteiger partial charge >= 0.3 is 103 Å². The summed E-state index contributed by atoms with van der Waals surface area (Å²) < 4.78 is 0. The summed E-state index contributed by atoms with van der Waals surface area (Å²) in [6.45, 7) is 11.3. The molecular formula is C45H72N2Ni. The van der Waals surface area contributed by atoms with E-state index in [1.165, 1.54) is 160 Å². The van der Waals surface area contributed by atoms with Crippen molar-refractivity contribution in [2.75, 3.05) is 0 Å². The molecule has 0 saturated carbocycles. The third-order valence-electron chi connectivity index (χ3n) is 8.92.